The molecule has 8 nitrogen and oxygen atoms in total. The van der Waals surface area contributed by atoms with Gasteiger partial charge in [-0.15, -0.1) is 24.8 Å². The maximum atomic E-state index is 11.8. The minimum absolute atomic E-state index is 0. The van der Waals surface area contributed by atoms with Crippen molar-refractivity contribution in [3.63, 3.8) is 0 Å². The normalized spacial score (nSPS) is 16.6. The highest BCUT2D eigenvalue weighted by atomic mass is 35.5. The van der Waals surface area contributed by atoms with Crippen LogP contribution in [0.3, 0.4) is 0 Å². The van der Waals surface area contributed by atoms with Gasteiger partial charge in [-0.25, -0.2) is 4.79 Å². The fraction of sp³-hybridized carbons (Fsp3) is 0.350. The maximum Gasteiger partial charge on any atom is 0.522 e. The molecule has 4 rings (SSSR count). The van der Waals surface area contributed by atoms with Gasteiger partial charge in [-0.1, -0.05) is 18.2 Å². The van der Waals surface area contributed by atoms with Crippen LogP contribution in [-0.4, -0.2) is 59.0 Å². The van der Waals surface area contributed by atoms with Crippen molar-refractivity contribution in [2.45, 2.75) is 24.9 Å². The van der Waals surface area contributed by atoms with Gasteiger partial charge >= 0.3 is 13.1 Å². The molecule has 0 radical (unpaired) electrons. The van der Waals surface area contributed by atoms with Crippen molar-refractivity contribution < 1.29 is 29.4 Å². The molecule has 0 amide bonds. The number of carboxylic acid groups (broad SMARTS) is 1. The van der Waals surface area contributed by atoms with E-state index in [0.29, 0.717) is 32.4 Å². The van der Waals surface area contributed by atoms with Gasteiger partial charge in [0.2, 0.25) is 0 Å². The van der Waals surface area contributed by atoms with Crippen LogP contribution >= 0.6 is 24.8 Å². The van der Waals surface area contributed by atoms with E-state index in [9.17, 15) is 20.0 Å². The van der Waals surface area contributed by atoms with Gasteiger partial charge in [0, 0.05) is 25.7 Å². The minimum atomic E-state index is -1.14. The smallest absolute Gasteiger partial charge is 0.522 e. The number of carbonyl (C=O) groups is 1. The van der Waals surface area contributed by atoms with E-state index in [1.54, 1.807) is 36.4 Å². The fourth-order valence-corrected chi connectivity index (χ4v) is 3.74. The van der Waals surface area contributed by atoms with Crippen molar-refractivity contribution in [1.82, 2.24) is 4.90 Å². The Balaban J connectivity index is 0.00000171. The number of phenolic OH excluding ortho intramolecular Hbond substituents is 1. The number of carboxylic acids is 1. The third kappa shape index (κ3) is 5.55. The van der Waals surface area contributed by atoms with Crippen LogP contribution in [0.15, 0.2) is 36.4 Å². The van der Waals surface area contributed by atoms with E-state index in [0.717, 1.165) is 11.1 Å². The van der Waals surface area contributed by atoms with E-state index in [4.69, 9.17) is 15.1 Å². The molecule has 1 saturated heterocycles. The summed E-state index contributed by atoms with van der Waals surface area (Å²) in [7, 11) is -1.00. The predicted molar refractivity (Wildman–Crippen MR) is 121 cm³/mol. The van der Waals surface area contributed by atoms with Crippen molar-refractivity contribution in [1.29, 1.82) is 0 Å². The van der Waals surface area contributed by atoms with Crippen LogP contribution in [0.5, 0.6) is 17.2 Å². The van der Waals surface area contributed by atoms with Gasteiger partial charge < -0.3 is 30.4 Å². The van der Waals surface area contributed by atoms with Crippen LogP contribution in [0.4, 0.5) is 0 Å². The quantitative estimate of drug-likeness (QED) is 0.473. The lowest BCUT2D eigenvalue weighted by Gasteiger charge is -2.40. The van der Waals surface area contributed by atoms with E-state index in [1.807, 2.05) is 0 Å². The molecular formula is C20H25BCl2N2O6. The average molecular weight is 471 g/mol. The van der Waals surface area contributed by atoms with Gasteiger partial charge in [0.15, 0.2) is 0 Å². The first kappa shape index (κ1) is 25.1. The number of hydrogen-bond acceptors (Lipinski definition) is 7. The summed E-state index contributed by atoms with van der Waals surface area (Å²) in [4.78, 5) is 13.9. The molecule has 168 valence electrons. The van der Waals surface area contributed by atoms with Gasteiger partial charge in [-0.2, -0.15) is 0 Å². The molecule has 0 saturated carbocycles. The Morgan fingerprint density at radius 1 is 1.23 bits per heavy atom. The Kier molecular flexibility index (Phi) is 8.45. The summed E-state index contributed by atoms with van der Waals surface area (Å²) in [5.41, 5.74) is 7.88. The first-order valence-electron chi connectivity index (χ1n) is 9.58. The number of ether oxygens (including phenoxy) is 1. The van der Waals surface area contributed by atoms with Crippen molar-refractivity contribution in [3.8, 4) is 17.2 Å². The number of fused-ring (bicyclic) bond motifs is 1. The second kappa shape index (κ2) is 10.4. The summed E-state index contributed by atoms with van der Waals surface area (Å²) in [6.07, 6.45) is 0.848. The monoisotopic (exact) mass is 470 g/mol. The first-order chi connectivity index (χ1) is 13.9. The van der Waals surface area contributed by atoms with Crippen molar-refractivity contribution in [3.05, 3.63) is 53.1 Å². The highest BCUT2D eigenvalue weighted by molar-refractivity contribution is 6.44. The summed E-state index contributed by atoms with van der Waals surface area (Å²) < 4.78 is 11.3. The van der Waals surface area contributed by atoms with Gasteiger partial charge in [-0.05, 0) is 42.1 Å². The minimum Gasteiger partial charge on any atom is -0.535 e. The molecule has 1 fully saturated rings. The van der Waals surface area contributed by atoms with Crippen molar-refractivity contribution in [2.75, 3.05) is 19.6 Å². The molecule has 2 aromatic rings. The van der Waals surface area contributed by atoms with E-state index in [2.05, 4.69) is 4.90 Å². The lowest BCUT2D eigenvalue weighted by molar-refractivity contribution is 0.0153. The van der Waals surface area contributed by atoms with Gasteiger partial charge in [-0.3, -0.25) is 4.90 Å². The molecule has 0 aliphatic carbocycles. The van der Waals surface area contributed by atoms with E-state index < -0.39 is 13.1 Å². The topological polar surface area (TPSA) is 125 Å². The number of aryl methyl sites for hydroxylation is 1. The standard InChI is InChI=1S/C20H23BN2O6.2ClH/c22-16(12-1-4-14(24)5-2-12)11-23-9-15(10-23)28-17-6-3-13-7-8-21(27)29-19(13)18(17)20(25)26;;/h1-6,15-16,24,27H,7-11,22H2,(H,25,26);2*1H. The second-order valence-electron chi connectivity index (χ2n) is 7.50. The number of hydrogen-bond donors (Lipinski definition) is 4. The van der Waals surface area contributed by atoms with E-state index in [1.165, 1.54) is 0 Å². The Hall–Kier alpha value is -2.17. The third-order valence-corrected chi connectivity index (χ3v) is 5.32. The number of nitrogens with two attached hydrogens (primary N) is 1. The second-order valence-corrected chi connectivity index (χ2v) is 7.50. The Morgan fingerprint density at radius 2 is 1.90 bits per heavy atom. The Bertz CT molecular complexity index is 911. The number of benzene rings is 2. The summed E-state index contributed by atoms with van der Waals surface area (Å²) in [6, 6.07) is 10.1. The van der Waals surface area contributed by atoms with Crippen LogP contribution in [0, 0.1) is 0 Å². The Labute approximate surface area is 192 Å². The SMILES string of the molecule is Cl.Cl.NC(CN1CC(Oc2ccc3c(c2C(=O)O)OB(O)CC3)C1)c1ccc(O)cc1. The highest BCUT2D eigenvalue weighted by Crippen LogP contribution is 2.37. The first-order valence-corrected chi connectivity index (χ1v) is 9.58. The molecule has 0 spiro atoms. The van der Waals surface area contributed by atoms with E-state index in [-0.39, 0.29) is 59.8 Å². The van der Waals surface area contributed by atoms with Gasteiger partial charge in [0.1, 0.15) is 28.9 Å². The van der Waals surface area contributed by atoms with Crippen molar-refractivity contribution in [2.24, 2.45) is 5.73 Å². The number of nitrogens with zero attached hydrogens (tertiary/aromatic N) is 1. The average Bonchev–Trinajstić information content (AvgIpc) is 2.65. The Morgan fingerprint density at radius 3 is 2.55 bits per heavy atom. The zero-order valence-corrected chi connectivity index (χ0v) is 18.3. The lowest BCUT2D eigenvalue weighted by atomic mass is 9.78. The summed E-state index contributed by atoms with van der Waals surface area (Å²) in [5.74, 6) is -0.497. The summed E-state index contributed by atoms with van der Waals surface area (Å²) in [5, 5.41) is 28.7. The number of likely N-dealkylation sites (tertiary alicyclic amines) is 1. The predicted octanol–water partition coefficient (Wildman–Crippen LogP) is 2.11. The molecule has 2 aliphatic heterocycles. The molecule has 2 aliphatic rings. The molecule has 31 heavy (non-hydrogen) atoms. The van der Waals surface area contributed by atoms with Gasteiger partial charge in [0.05, 0.1) is 0 Å². The molecule has 1 unspecified atom stereocenters. The molecule has 1 atom stereocenters. The highest BCUT2D eigenvalue weighted by Gasteiger charge is 2.34. The molecule has 11 heteroatoms. The van der Waals surface area contributed by atoms with Crippen LogP contribution in [0.25, 0.3) is 0 Å². The van der Waals surface area contributed by atoms with Crippen LogP contribution < -0.4 is 15.1 Å². The number of halogens is 2. The summed E-state index contributed by atoms with van der Waals surface area (Å²) >= 11 is 0. The lowest BCUT2D eigenvalue weighted by Crippen LogP contribution is -2.55. The van der Waals surface area contributed by atoms with Crippen LogP contribution in [0.1, 0.15) is 27.5 Å². The largest absolute Gasteiger partial charge is 0.535 e. The molecule has 2 heterocycles. The van der Waals surface area contributed by atoms with Crippen LogP contribution in [0.2, 0.25) is 6.32 Å². The molecular weight excluding hydrogens is 446 g/mol. The zero-order valence-electron chi connectivity index (χ0n) is 16.6. The molecule has 2 aromatic carbocycles. The molecule has 0 aromatic heterocycles. The molecule has 0 bridgehead atoms. The molecule has 5 N–H and O–H groups in total. The number of phenols is 1. The zero-order chi connectivity index (χ0) is 20.5. The fourth-order valence-electron chi connectivity index (χ4n) is 3.74. The number of aromatic hydroxyl groups is 1. The third-order valence-electron chi connectivity index (χ3n) is 5.32. The maximum absolute atomic E-state index is 11.8. The number of rotatable bonds is 6. The van der Waals surface area contributed by atoms with Crippen molar-refractivity contribution >= 4 is 37.9 Å². The van der Waals surface area contributed by atoms with Gasteiger partial charge in [0.25, 0.3) is 0 Å². The summed E-state index contributed by atoms with van der Waals surface area (Å²) in [6.45, 7) is 1.90. The van der Waals surface area contributed by atoms with E-state index >= 15 is 0 Å². The van der Waals surface area contributed by atoms with Crippen LogP contribution in [-0.2, 0) is 6.42 Å². The number of aromatic carboxylic acids is 1.